The third-order valence-electron chi connectivity index (χ3n) is 6.16. The molecule has 2 aliphatic rings. The van der Waals surface area contributed by atoms with E-state index in [1.807, 2.05) is 38.3 Å². The quantitative estimate of drug-likeness (QED) is 0.386. The van der Waals surface area contributed by atoms with Crippen LogP contribution in [-0.4, -0.2) is 92.6 Å². The van der Waals surface area contributed by atoms with Crippen molar-refractivity contribution < 1.29 is 9.18 Å². The van der Waals surface area contributed by atoms with E-state index in [9.17, 15) is 9.18 Å². The van der Waals surface area contributed by atoms with Gasteiger partial charge in [-0.3, -0.25) is 9.78 Å². The minimum Gasteiger partial charge on any atom is -0.367 e. The van der Waals surface area contributed by atoms with Crippen LogP contribution < -0.4 is 16.0 Å². The zero-order valence-corrected chi connectivity index (χ0v) is 22.8. The van der Waals surface area contributed by atoms with Crippen LogP contribution in [0.15, 0.2) is 48.7 Å². The Balaban J connectivity index is 0.000000235. The maximum atomic E-state index is 12.8. The average Bonchev–Trinajstić information content (AvgIpc) is 3.64. The predicted molar refractivity (Wildman–Crippen MR) is 149 cm³/mol. The molecule has 2 atom stereocenters. The molecule has 36 heavy (non-hydrogen) atoms. The molecule has 7 nitrogen and oxygen atoms in total. The van der Waals surface area contributed by atoms with Gasteiger partial charge in [-0.15, -0.1) is 0 Å². The van der Waals surface area contributed by atoms with Gasteiger partial charge in [0, 0.05) is 62.6 Å². The molecule has 4 rings (SSSR count). The lowest BCUT2D eigenvalue weighted by molar-refractivity contribution is -0.131. The van der Waals surface area contributed by atoms with Crippen molar-refractivity contribution in [1.82, 2.24) is 30.7 Å². The number of rotatable bonds is 7. The second kappa shape index (κ2) is 16.3. The highest BCUT2D eigenvalue weighted by atomic mass is 32.1. The van der Waals surface area contributed by atoms with Crippen molar-refractivity contribution in [3.05, 3.63) is 65.7 Å². The second-order valence-electron chi connectivity index (χ2n) is 9.15. The van der Waals surface area contributed by atoms with Crippen LogP contribution >= 0.6 is 12.2 Å². The number of hydrogen-bond donors (Lipinski definition) is 3. The summed E-state index contributed by atoms with van der Waals surface area (Å²) < 4.78 is 12.8. The van der Waals surface area contributed by atoms with E-state index in [0.29, 0.717) is 10.6 Å². The summed E-state index contributed by atoms with van der Waals surface area (Å²) in [6, 6.07) is 12.1. The fourth-order valence-corrected chi connectivity index (χ4v) is 3.81. The molecule has 1 aliphatic heterocycles. The van der Waals surface area contributed by atoms with Gasteiger partial charge in [-0.2, -0.15) is 0 Å². The van der Waals surface area contributed by atoms with Crippen LogP contribution in [0.1, 0.15) is 30.5 Å². The molecule has 0 radical (unpaired) electrons. The van der Waals surface area contributed by atoms with E-state index in [0.717, 1.165) is 51.1 Å². The van der Waals surface area contributed by atoms with Gasteiger partial charge in [0.15, 0.2) is 0 Å². The Hall–Kier alpha value is -2.46. The maximum Gasteiger partial charge on any atom is 0.241 e. The van der Waals surface area contributed by atoms with Crippen LogP contribution in [0.2, 0.25) is 0 Å². The molecule has 1 aliphatic carbocycles. The third-order valence-corrected chi connectivity index (χ3v) is 6.54. The van der Waals surface area contributed by atoms with Crippen molar-refractivity contribution in [2.24, 2.45) is 5.92 Å². The molecule has 198 valence electrons. The largest absolute Gasteiger partial charge is 0.367 e. The molecule has 2 fully saturated rings. The highest BCUT2D eigenvalue weighted by Gasteiger charge is 2.34. The lowest BCUT2D eigenvalue weighted by atomic mass is 10.2. The van der Waals surface area contributed by atoms with Gasteiger partial charge in [0.2, 0.25) is 5.91 Å². The molecule has 0 spiro atoms. The summed E-state index contributed by atoms with van der Waals surface area (Å²) in [4.78, 5) is 20.8. The summed E-state index contributed by atoms with van der Waals surface area (Å²) in [7, 11) is 5.93. The summed E-state index contributed by atoms with van der Waals surface area (Å²) in [6.45, 7) is 7.86. The Bertz CT molecular complexity index is 902. The first kappa shape index (κ1) is 29.8. The Morgan fingerprint density at radius 3 is 2.17 bits per heavy atom. The van der Waals surface area contributed by atoms with Gasteiger partial charge in [0.1, 0.15) is 10.8 Å². The van der Waals surface area contributed by atoms with Gasteiger partial charge in [-0.25, -0.2) is 4.39 Å². The van der Waals surface area contributed by atoms with E-state index in [1.54, 1.807) is 12.1 Å². The highest BCUT2D eigenvalue weighted by Crippen LogP contribution is 2.45. The predicted octanol–water partition coefficient (Wildman–Crippen LogP) is 2.50. The van der Waals surface area contributed by atoms with Gasteiger partial charge < -0.3 is 25.8 Å². The minimum atomic E-state index is -0.301. The van der Waals surface area contributed by atoms with Gasteiger partial charge in [0.25, 0.3) is 0 Å². The molecule has 1 saturated heterocycles. The molecule has 9 heteroatoms. The number of pyridine rings is 1. The van der Waals surface area contributed by atoms with Crippen LogP contribution in [0.4, 0.5) is 4.39 Å². The molecule has 3 N–H and O–H groups in total. The number of aromatic nitrogens is 1. The normalized spacial score (nSPS) is 18.8. The molecule has 1 saturated carbocycles. The number of nitrogens with zero attached hydrogens (tertiary/aromatic N) is 3. The number of likely N-dealkylation sites (N-methyl/N-ethyl adjacent to an activating group) is 3. The van der Waals surface area contributed by atoms with Gasteiger partial charge in [0.05, 0.1) is 6.54 Å². The summed E-state index contributed by atoms with van der Waals surface area (Å²) in [5.41, 5.74) is 1.99. The van der Waals surface area contributed by atoms with Crippen molar-refractivity contribution in [3.8, 4) is 0 Å². The Morgan fingerprint density at radius 2 is 1.67 bits per heavy atom. The van der Waals surface area contributed by atoms with Crippen molar-refractivity contribution in [2.45, 2.75) is 19.3 Å². The summed E-state index contributed by atoms with van der Waals surface area (Å²) in [5.74, 6) is 1.38. The van der Waals surface area contributed by atoms with Crippen LogP contribution in [0.5, 0.6) is 0 Å². The molecule has 1 aromatic carbocycles. The molecule has 2 heterocycles. The van der Waals surface area contributed by atoms with Gasteiger partial charge >= 0.3 is 0 Å². The van der Waals surface area contributed by atoms with Crippen LogP contribution in [-0.2, 0) is 4.79 Å². The molecule has 1 aromatic heterocycles. The van der Waals surface area contributed by atoms with E-state index in [1.165, 1.54) is 24.2 Å². The topological polar surface area (TPSA) is 72.5 Å². The molecule has 1 amide bonds. The lowest BCUT2D eigenvalue weighted by Gasteiger charge is -2.32. The number of carbonyl (C=O) groups excluding carboxylic acids is 1. The standard InChI is InChI=1S/C14H18FN3OS.C9H11N.C4H12N2/c1-17-6-8-18(9-7-17)13(19)10-16-14(20)11-2-4-12(15)5-3-11;1-7-6-8(7)9-4-2-3-5-10-9;1-5-3-4-6-2/h2-5H,6-10H2,1H3,(H,16,20);2-5,7-8H,6H2,1H3;5-6H,3-4H2,1-2H3. The monoisotopic (exact) mass is 516 g/mol. The van der Waals surface area contributed by atoms with Crippen molar-refractivity contribution in [3.63, 3.8) is 0 Å². The zero-order chi connectivity index (χ0) is 26.3. The number of carbonyl (C=O) groups is 1. The number of benzene rings is 1. The Labute approximate surface area is 220 Å². The summed E-state index contributed by atoms with van der Waals surface area (Å²) >= 11 is 5.19. The molecular weight excluding hydrogens is 475 g/mol. The van der Waals surface area contributed by atoms with Gasteiger partial charge in [-0.05, 0) is 69.9 Å². The molecule has 0 bridgehead atoms. The first-order valence-electron chi connectivity index (χ1n) is 12.6. The summed E-state index contributed by atoms with van der Waals surface area (Å²) in [6.07, 6.45) is 3.21. The summed E-state index contributed by atoms with van der Waals surface area (Å²) in [5, 5.41) is 8.94. The van der Waals surface area contributed by atoms with E-state index in [-0.39, 0.29) is 18.3 Å². The average molecular weight is 517 g/mol. The number of hydrogen-bond acceptors (Lipinski definition) is 6. The Morgan fingerprint density at radius 1 is 1.06 bits per heavy atom. The number of piperazine rings is 1. The molecule has 2 aromatic rings. The Kier molecular flexibility index (Phi) is 13.5. The van der Waals surface area contributed by atoms with Crippen molar-refractivity contribution in [1.29, 1.82) is 0 Å². The smallest absolute Gasteiger partial charge is 0.241 e. The lowest BCUT2D eigenvalue weighted by Crippen LogP contribution is -2.49. The van der Waals surface area contributed by atoms with Crippen LogP contribution in [0.3, 0.4) is 0 Å². The minimum absolute atomic E-state index is 0.0440. The van der Waals surface area contributed by atoms with E-state index < -0.39 is 0 Å². The zero-order valence-electron chi connectivity index (χ0n) is 22.0. The number of amides is 1. The SMILES string of the molecule is CC1CC1c1ccccn1.CN1CCN(C(=O)CNC(=S)c2ccc(F)cc2)CC1.CNCCNC. The van der Waals surface area contributed by atoms with Crippen LogP contribution in [0.25, 0.3) is 0 Å². The van der Waals surface area contributed by atoms with Crippen molar-refractivity contribution in [2.75, 3.05) is 67.0 Å². The first-order valence-corrected chi connectivity index (χ1v) is 13.0. The number of nitrogens with one attached hydrogen (secondary N) is 3. The maximum absolute atomic E-state index is 12.8. The fraction of sp³-hybridized carbons (Fsp3) is 0.519. The molecule has 2 unspecified atom stereocenters. The highest BCUT2D eigenvalue weighted by molar-refractivity contribution is 7.80. The number of halogens is 1. The first-order chi connectivity index (χ1) is 17.3. The second-order valence-corrected chi connectivity index (χ2v) is 9.56. The van der Waals surface area contributed by atoms with E-state index >= 15 is 0 Å². The van der Waals surface area contributed by atoms with E-state index in [4.69, 9.17) is 12.2 Å². The fourth-order valence-electron chi connectivity index (χ4n) is 3.61. The van der Waals surface area contributed by atoms with E-state index in [2.05, 4.69) is 44.9 Å². The van der Waals surface area contributed by atoms with Crippen LogP contribution in [0, 0.1) is 11.7 Å². The van der Waals surface area contributed by atoms with Gasteiger partial charge in [-0.1, -0.05) is 25.2 Å². The molecular formula is C27H41FN6OS. The number of thiocarbonyl (C=S) groups is 1. The third kappa shape index (κ3) is 11.1. The van der Waals surface area contributed by atoms with Crippen molar-refractivity contribution >= 4 is 23.1 Å².